The van der Waals surface area contributed by atoms with Crippen molar-refractivity contribution in [2.24, 2.45) is 5.92 Å². The number of rotatable bonds is 2. The Morgan fingerprint density at radius 2 is 1.94 bits per heavy atom. The maximum atomic E-state index is 2.63. The largest absolute Gasteiger partial charge is 0.300 e. The Morgan fingerprint density at radius 3 is 2.67 bits per heavy atom. The van der Waals surface area contributed by atoms with Crippen LogP contribution >= 0.6 is 0 Å². The fourth-order valence-corrected chi connectivity index (χ4v) is 4.05. The van der Waals surface area contributed by atoms with Crippen molar-refractivity contribution in [2.45, 2.75) is 44.2 Å². The average molecular weight is 241 g/mol. The van der Waals surface area contributed by atoms with E-state index in [1.807, 2.05) is 0 Å². The van der Waals surface area contributed by atoms with Crippen LogP contribution in [-0.4, -0.2) is 24.0 Å². The number of piperidine rings is 1. The summed E-state index contributed by atoms with van der Waals surface area (Å²) in [5.74, 6) is 1.41. The van der Waals surface area contributed by atoms with Crippen LogP contribution in [0.15, 0.2) is 42.5 Å². The molecule has 2 aliphatic rings. The molecule has 0 amide bonds. The molecule has 4 atom stereocenters. The Balaban J connectivity index is 1.94. The van der Waals surface area contributed by atoms with E-state index in [0.717, 1.165) is 18.0 Å². The maximum absolute atomic E-state index is 2.63. The van der Waals surface area contributed by atoms with Crippen LogP contribution < -0.4 is 0 Å². The minimum absolute atomic E-state index is 0.696. The number of hydrogen-bond acceptors (Lipinski definition) is 1. The van der Waals surface area contributed by atoms with Crippen molar-refractivity contribution < 1.29 is 0 Å². The molecule has 1 heteroatoms. The lowest BCUT2D eigenvalue weighted by molar-refractivity contribution is 0.124. The number of fused-ring (bicyclic) bond motifs is 2. The van der Waals surface area contributed by atoms with Crippen molar-refractivity contribution in [1.82, 2.24) is 4.90 Å². The van der Waals surface area contributed by atoms with Crippen molar-refractivity contribution in [1.29, 1.82) is 0 Å². The molecule has 0 aromatic heterocycles. The van der Waals surface area contributed by atoms with E-state index in [1.54, 1.807) is 0 Å². The second-order valence-corrected chi connectivity index (χ2v) is 5.82. The van der Waals surface area contributed by atoms with Crippen LogP contribution in [0.2, 0.25) is 0 Å². The minimum atomic E-state index is 0.696. The second kappa shape index (κ2) is 4.89. The molecule has 0 saturated carbocycles. The third kappa shape index (κ3) is 1.91. The summed E-state index contributed by atoms with van der Waals surface area (Å²) < 4.78 is 0. The average Bonchev–Trinajstić information content (AvgIpc) is 2.65. The van der Waals surface area contributed by atoms with Gasteiger partial charge >= 0.3 is 0 Å². The van der Waals surface area contributed by atoms with Gasteiger partial charge < -0.3 is 0 Å². The zero-order chi connectivity index (χ0) is 12.5. The van der Waals surface area contributed by atoms with Gasteiger partial charge in [-0.3, -0.25) is 4.90 Å². The van der Waals surface area contributed by atoms with Crippen LogP contribution in [0.5, 0.6) is 0 Å². The normalized spacial score (nSPS) is 36.3. The number of nitrogens with zero attached hydrogens (tertiary/aromatic N) is 1. The van der Waals surface area contributed by atoms with Gasteiger partial charge in [-0.25, -0.2) is 0 Å². The van der Waals surface area contributed by atoms with Crippen LogP contribution in [-0.2, 0) is 0 Å². The predicted molar refractivity (Wildman–Crippen MR) is 76.7 cm³/mol. The molecule has 2 saturated heterocycles. The van der Waals surface area contributed by atoms with E-state index in [4.69, 9.17) is 0 Å². The molecule has 2 aliphatic heterocycles. The van der Waals surface area contributed by atoms with Gasteiger partial charge in [-0.1, -0.05) is 42.5 Å². The summed E-state index contributed by atoms with van der Waals surface area (Å²) in [5.41, 5.74) is 1.53. The first-order chi connectivity index (χ1) is 8.81. The molecule has 0 unspecified atom stereocenters. The molecule has 18 heavy (non-hydrogen) atoms. The molecule has 2 bridgehead atoms. The highest BCUT2D eigenvalue weighted by molar-refractivity contribution is 5.25. The van der Waals surface area contributed by atoms with Gasteiger partial charge in [0.2, 0.25) is 0 Å². The molecule has 2 fully saturated rings. The van der Waals surface area contributed by atoms with Gasteiger partial charge in [0.05, 0.1) is 0 Å². The van der Waals surface area contributed by atoms with Gasteiger partial charge in [-0.15, -0.1) is 0 Å². The van der Waals surface area contributed by atoms with Gasteiger partial charge in [0, 0.05) is 12.1 Å². The Hall–Kier alpha value is -1.08. The van der Waals surface area contributed by atoms with Crippen molar-refractivity contribution in [2.75, 3.05) is 7.05 Å². The van der Waals surface area contributed by atoms with Crippen LogP contribution in [0.3, 0.4) is 0 Å². The first-order valence-electron chi connectivity index (χ1n) is 7.21. The molecule has 0 N–H and O–H groups in total. The van der Waals surface area contributed by atoms with E-state index in [1.165, 1.54) is 24.8 Å². The number of hydrogen-bond donors (Lipinski definition) is 0. The SMILES string of the molecule is C/C=C/[C@H]1[C@@H](c2ccccc2)C[C@@H]2CC[C@H]1N2C. The van der Waals surface area contributed by atoms with Crippen LogP contribution in [0.25, 0.3) is 0 Å². The summed E-state index contributed by atoms with van der Waals surface area (Å²) in [5, 5.41) is 0. The van der Waals surface area contributed by atoms with Crippen molar-refractivity contribution in [3.8, 4) is 0 Å². The summed E-state index contributed by atoms with van der Waals surface area (Å²) in [4.78, 5) is 2.63. The lowest BCUT2D eigenvalue weighted by Crippen LogP contribution is -2.45. The van der Waals surface area contributed by atoms with E-state index in [2.05, 4.69) is 61.4 Å². The van der Waals surface area contributed by atoms with Crippen molar-refractivity contribution >= 4 is 0 Å². The van der Waals surface area contributed by atoms with Crippen LogP contribution in [0.4, 0.5) is 0 Å². The second-order valence-electron chi connectivity index (χ2n) is 5.82. The number of allylic oxidation sites excluding steroid dienone is 1. The van der Waals surface area contributed by atoms with Gasteiger partial charge in [0.25, 0.3) is 0 Å². The lowest BCUT2D eigenvalue weighted by Gasteiger charge is -2.42. The van der Waals surface area contributed by atoms with Gasteiger partial charge in [-0.2, -0.15) is 0 Å². The minimum Gasteiger partial charge on any atom is -0.300 e. The first kappa shape index (κ1) is 12.0. The highest BCUT2D eigenvalue weighted by atomic mass is 15.2. The van der Waals surface area contributed by atoms with Crippen LogP contribution in [0, 0.1) is 5.92 Å². The molecule has 0 spiro atoms. The topological polar surface area (TPSA) is 3.24 Å². The molecule has 0 aliphatic carbocycles. The van der Waals surface area contributed by atoms with E-state index in [-0.39, 0.29) is 0 Å². The molecule has 1 aromatic carbocycles. The zero-order valence-electron chi connectivity index (χ0n) is 11.4. The Kier molecular flexibility index (Phi) is 3.25. The third-order valence-electron chi connectivity index (χ3n) is 4.97. The van der Waals surface area contributed by atoms with E-state index < -0.39 is 0 Å². The molecule has 3 rings (SSSR count). The zero-order valence-corrected chi connectivity index (χ0v) is 11.4. The number of benzene rings is 1. The highest BCUT2D eigenvalue weighted by Crippen LogP contribution is 2.46. The maximum Gasteiger partial charge on any atom is 0.0164 e. The van der Waals surface area contributed by atoms with Crippen molar-refractivity contribution in [3.05, 3.63) is 48.0 Å². The fraction of sp³-hybridized carbons (Fsp3) is 0.529. The summed E-state index contributed by atoms with van der Waals surface area (Å²) in [6.45, 7) is 2.16. The van der Waals surface area contributed by atoms with Gasteiger partial charge in [-0.05, 0) is 50.6 Å². The Morgan fingerprint density at radius 1 is 1.17 bits per heavy atom. The third-order valence-corrected chi connectivity index (χ3v) is 4.97. The highest BCUT2D eigenvalue weighted by Gasteiger charge is 2.44. The quantitative estimate of drug-likeness (QED) is 0.711. The van der Waals surface area contributed by atoms with E-state index in [0.29, 0.717) is 5.92 Å². The molecule has 0 radical (unpaired) electrons. The Bertz CT molecular complexity index is 422. The van der Waals surface area contributed by atoms with Gasteiger partial charge in [0.1, 0.15) is 0 Å². The molecule has 2 heterocycles. The van der Waals surface area contributed by atoms with Crippen molar-refractivity contribution in [3.63, 3.8) is 0 Å². The molecule has 96 valence electrons. The van der Waals surface area contributed by atoms with Gasteiger partial charge in [0.15, 0.2) is 0 Å². The smallest absolute Gasteiger partial charge is 0.0164 e. The molecule has 1 nitrogen and oxygen atoms in total. The summed E-state index contributed by atoms with van der Waals surface area (Å²) in [6.07, 6.45) is 8.78. The van der Waals surface area contributed by atoms with E-state index in [9.17, 15) is 0 Å². The summed E-state index contributed by atoms with van der Waals surface area (Å²) >= 11 is 0. The molecular formula is C17H23N. The fourth-order valence-electron chi connectivity index (χ4n) is 4.05. The first-order valence-corrected chi connectivity index (χ1v) is 7.21. The van der Waals surface area contributed by atoms with Crippen LogP contribution in [0.1, 0.15) is 37.7 Å². The lowest BCUT2D eigenvalue weighted by atomic mass is 9.76. The summed E-state index contributed by atoms with van der Waals surface area (Å²) in [7, 11) is 2.32. The van der Waals surface area contributed by atoms with E-state index >= 15 is 0 Å². The molecule has 1 aromatic rings. The predicted octanol–water partition coefficient (Wildman–Crippen LogP) is 3.83. The standard InChI is InChI=1S/C17H23N/c1-3-7-15-16(13-8-5-4-6-9-13)12-14-10-11-17(15)18(14)2/h3-9,14-17H,10-12H2,1-2H3/b7-3+/t14-,15-,16+,17+/m0/s1. The monoisotopic (exact) mass is 241 g/mol. The summed E-state index contributed by atoms with van der Waals surface area (Å²) in [6, 6.07) is 12.7. The Labute approximate surface area is 111 Å². The molecular weight excluding hydrogens is 218 g/mol.